The average molecular weight is 412 g/mol. The number of methoxy groups -OCH3 is 1. The first-order valence-corrected chi connectivity index (χ1v) is 9.84. The van der Waals surface area contributed by atoms with Crippen molar-refractivity contribution in [3.63, 3.8) is 0 Å². The van der Waals surface area contributed by atoms with Crippen molar-refractivity contribution in [1.82, 2.24) is 14.8 Å². The third-order valence-corrected chi connectivity index (χ3v) is 5.04. The van der Waals surface area contributed by atoms with Crippen LogP contribution in [0.2, 0.25) is 5.02 Å². The number of likely N-dealkylation sites (N-methyl/N-ethyl adjacent to an activating group) is 1. The smallest absolute Gasteiger partial charge is 0.253 e. The van der Waals surface area contributed by atoms with E-state index >= 15 is 0 Å². The molecule has 0 unspecified atom stereocenters. The van der Waals surface area contributed by atoms with Gasteiger partial charge in [-0.2, -0.15) is 0 Å². The van der Waals surface area contributed by atoms with Crippen molar-refractivity contribution in [2.75, 3.05) is 34.3 Å². The highest BCUT2D eigenvalue weighted by molar-refractivity contribution is 6.30. The van der Waals surface area contributed by atoms with Gasteiger partial charge in [-0.25, -0.2) is 0 Å². The predicted octanol–water partition coefficient (Wildman–Crippen LogP) is 4.41. The normalized spacial score (nSPS) is 11.0. The molecule has 2 aromatic carbocycles. The molecule has 0 saturated carbocycles. The molecular formula is C23H26ClN3O2. The van der Waals surface area contributed by atoms with Gasteiger partial charge in [-0.1, -0.05) is 29.8 Å². The van der Waals surface area contributed by atoms with Gasteiger partial charge in [0.2, 0.25) is 0 Å². The lowest BCUT2D eigenvalue weighted by atomic mass is 10.1. The van der Waals surface area contributed by atoms with E-state index in [9.17, 15) is 4.79 Å². The van der Waals surface area contributed by atoms with E-state index in [1.54, 1.807) is 7.11 Å². The Labute approximate surface area is 176 Å². The van der Waals surface area contributed by atoms with E-state index < -0.39 is 0 Å². The van der Waals surface area contributed by atoms with Crippen molar-refractivity contribution >= 4 is 17.5 Å². The Morgan fingerprint density at radius 3 is 2.52 bits per heavy atom. The SMILES string of the molecule is COc1cccc(-n2c(-c3ccc(Cl)cc3)cc(C(=O)NCCN(C)C)c2C)c1. The summed E-state index contributed by atoms with van der Waals surface area (Å²) in [5, 5.41) is 3.68. The number of nitrogens with one attached hydrogen (secondary N) is 1. The highest BCUT2D eigenvalue weighted by Crippen LogP contribution is 2.31. The van der Waals surface area contributed by atoms with Crippen molar-refractivity contribution in [1.29, 1.82) is 0 Å². The second kappa shape index (κ2) is 9.16. The minimum atomic E-state index is -0.0822. The fourth-order valence-electron chi connectivity index (χ4n) is 3.24. The summed E-state index contributed by atoms with van der Waals surface area (Å²) in [5.74, 6) is 0.677. The molecule has 1 aromatic heterocycles. The van der Waals surface area contributed by atoms with E-state index in [4.69, 9.17) is 16.3 Å². The number of rotatable bonds is 7. The van der Waals surface area contributed by atoms with Gasteiger partial charge in [0.25, 0.3) is 5.91 Å². The monoisotopic (exact) mass is 411 g/mol. The quantitative estimate of drug-likeness (QED) is 0.626. The number of nitrogens with zero attached hydrogens (tertiary/aromatic N) is 2. The summed E-state index contributed by atoms with van der Waals surface area (Å²) in [7, 11) is 5.61. The van der Waals surface area contributed by atoms with Crippen molar-refractivity contribution in [2.24, 2.45) is 0 Å². The number of hydrogen-bond donors (Lipinski definition) is 1. The van der Waals surface area contributed by atoms with Gasteiger partial charge in [-0.15, -0.1) is 0 Å². The van der Waals surface area contributed by atoms with Gasteiger partial charge in [0.15, 0.2) is 0 Å². The molecule has 29 heavy (non-hydrogen) atoms. The van der Waals surface area contributed by atoms with Crippen LogP contribution in [0, 0.1) is 6.92 Å². The van der Waals surface area contributed by atoms with Gasteiger partial charge in [-0.3, -0.25) is 4.79 Å². The van der Waals surface area contributed by atoms with Crippen molar-refractivity contribution in [3.8, 4) is 22.7 Å². The number of carbonyl (C=O) groups is 1. The Hall–Kier alpha value is -2.76. The van der Waals surface area contributed by atoms with Gasteiger partial charge in [0.05, 0.1) is 18.4 Å². The molecule has 3 rings (SSSR count). The molecule has 6 heteroatoms. The van der Waals surface area contributed by atoms with E-state index in [-0.39, 0.29) is 5.91 Å². The fraction of sp³-hybridized carbons (Fsp3) is 0.261. The second-order valence-electron chi connectivity index (χ2n) is 7.13. The first-order valence-electron chi connectivity index (χ1n) is 9.46. The van der Waals surface area contributed by atoms with Crippen molar-refractivity contribution in [2.45, 2.75) is 6.92 Å². The van der Waals surface area contributed by atoms with Crippen LogP contribution in [0.4, 0.5) is 0 Å². The molecule has 1 amide bonds. The number of ether oxygens (including phenoxy) is 1. The maximum absolute atomic E-state index is 12.9. The Morgan fingerprint density at radius 2 is 1.86 bits per heavy atom. The zero-order valence-corrected chi connectivity index (χ0v) is 18.0. The largest absolute Gasteiger partial charge is 0.497 e. The number of halogens is 1. The third kappa shape index (κ3) is 4.81. The van der Waals surface area contributed by atoms with Crippen LogP contribution in [-0.2, 0) is 0 Å². The minimum absolute atomic E-state index is 0.0822. The summed E-state index contributed by atoms with van der Waals surface area (Å²) in [6, 6.07) is 17.4. The first-order chi connectivity index (χ1) is 13.9. The van der Waals surface area contributed by atoms with Gasteiger partial charge in [0.1, 0.15) is 5.75 Å². The fourth-order valence-corrected chi connectivity index (χ4v) is 3.37. The summed E-state index contributed by atoms with van der Waals surface area (Å²) in [5.41, 5.74) is 4.35. The van der Waals surface area contributed by atoms with Crippen LogP contribution >= 0.6 is 11.6 Å². The summed E-state index contributed by atoms with van der Waals surface area (Å²) in [4.78, 5) is 14.9. The van der Waals surface area contributed by atoms with E-state index in [2.05, 4.69) is 9.88 Å². The Balaban J connectivity index is 2.08. The summed E-state index contributed by atoms with van der Waals surface area (Å²) in [6.07, 6.45) is 0. The number of benzene rings is 2. The highest BCUT2D eigenvalue weighted by Gasteiger charge is 2.20. The molecule has 5 nitrogen and oxygen atoms in total. The molecule has 0 aliphatic heterocycles. The zero-order chi connectivity index (χ0) is 21.0. The van der Waals surface area contributed by atoms with E-state index in [0.29, 0.717) is 17.1 Å². The van der Waals surface area contributed by atoms with E-state index in [0.717, 1.165) is 34.9 Å². The molecule has 0 aliphatic carbocycles. The van der Waals surface area contributed by atoms with E-state index in [1.807, 2.05) is 80.5 Å². The van der Waals surface area contributed by atoms with Crippen LogP contribution in [0.3, 0.4) is 0 Å². The topological polar surface area (TPSA) is 46.5 Å². The third-order valence-electron chi connectivity index (χ3n) is 4.79. The first kappa shape index (κ1) is 21.0. The standard InChI is InChI=1S/C23H26ClN3O2/c1-16-21(23(28)25-12-13-26(2)3)15-22(17-8-10-18(24)11-9-17)27(16)19-6-5-7-20(14-19)29-4/h5-11,14-15H,12-13H2,1-4H3,(H,25,28). The Bertz CT molecular complexity index is 994. The Morgan fingerprint density at radius 1 is 1.14 bits per heavy atom. The van der Waals surface area contributed by atoms with Crippen LogP contribution in [0.1, 0.15) is 16.1 Å². The van der Waals surface area contributed by atoms with Crippen LogP contribution in [0.5, 0.6) is 5.75 Å². The lowest BCUT2D eigenvalue weighted by Crippen LogP contribution is -2.31. The van der Waals surface area contributed by atoms with Gasteiger partial charge >= 0.3 is 0 Å². The maximum Gasteiger partial charge on any atom is 0.253 e. The summed E-state index contributed by atoms with van der Waals surface area (Å²) < 4.78 is 7.47. The minimum Gasteiger partial charge on any atom is -0.497 e. The van der Waals surface area contributed by atoms with Gasteiger partial charge < -0.3 is 19.5 Å². The second-order valence-corrected chi connectivity index (χ2v) is 7.57. The Kier molecular flexibility index (Phi) is 6.62. The maximum atomic E-state index is 12.9. The molecule has 3 aromatic rings. The molecule has 152 valence electrons. The molecule has 0 aliphatic rings. The molecule has 1 N–H and O–H groups in total. The molecule has 0 fully saturated rings. The van der Waals surface area contributed by atoms with Crippen LogP contribution in [0.25, 0.3) is 16.9 Å². The van der Waals surface area contributed by atoms with E-state index in [1.165, 1.54) is 0 Å². The number of hydrogen-bond acceptors (Lipinski definition) is 3. The summed E-state index contributed by atoms with van der Waals surface area (Å²) >= 11 is 6.07. The molecule has 0 bridgehead atoms. The molecule has 0 radical (unpaired) electrons. The van der Waals surface area contributed by atoms with Crippen LogP contribution in [-0.4, -0.2) is 49.7 Å². The molecule has 1 heterocycles. The molecular weight excluding hydrogens is 386 g/mol. The van der Waals surface area contributed by atoms with Crippen LogP contribution in [0.15, 0.2) is 54.6 Å². The van der Waals surface area contributed by atoms with Crippen LogP contribution < -0.4 is 10.1 Å². The number of amides is 1. The lowest BCUT2D eigenvalue weighted by Gasteiger charge is -2.14. The number of aromatic nitrogens is 1. The zero-order valence-electron chi connectivity index (χ0n) is 17.2. The van der Waals surface area contributed by atoms with Gasteiger partial charge in [-0.05, 0) is 56.9 Å². The van der Waals surface area contributed by atoms with Crippen molar-refractivity contribution in [3.05, 3.63) is 70.9 Å². The van der Waals surface area contributed by atoms with Crippen molar-refractivity contribution < 1.29 is 9.53 Å². The lowest BCUT2D eigenvalue weighted by molar-refractivity contribution is 0.0950. The molecule has 0 atom stereocenters. The molecule has 0 saturated heterocycles. The van der Waals surface area contributed by atoms with Gasteiger partial charge in [0, 0.05) is 35.6 Å². The molecule has 0 spiro atoms. The number of carbonyl (C=O) groups excluding carboxylic acids is 1. The summed E-state index contributed by atoms with van der Waals surface area (Å²) in [6.45, 7) is 3.33. The average Bonchev–Trinajstić information content (AvgIpc) is 3.05. The highest BCUT2D eigenvalue weighted by atomic mass is 35.5. The predicted molar refractivity (Wildman–Crippen MR) is 118 cm³/mol.